The van der Waals surface area contributed by atoms with Crippen molar-refractivity contribution < 1.29 is 4.39 Å². The van der Waals surface area contributed by atoms with Gasteiger partial charge in [0, 0.05) is 29.5 Å². The summed E-state index contributed by atoms with van der Waals surface area (Å²) in [7, 11) is 0. The van der Waals surface area contributed by atoms with E-state index in [2.05, 4.69) is 15.2 Å². The molecule has 0 spiro atoms. The number of nitrogens with zero attached hydrogens (tertiary/aromatic N) is 3. The Kier molecular flexibility index (Phi) is 5.18. The fourth-order valence-electron chi connectivity index (χ4n) is 4.03. The molecule has 0 unspecified atom stereocenters. The van der Waals surface area contributed by atoms with Gasteiger partial charge in [0.1, 0.15) is 11.9 Å². The fraction of sp³-hybridized carbons (Fsp3) is 0.0833. The number of para-hydroxylation sites is 1. The molecule has 1 aliphatic heterocycles. The Morgan fingerprint density at radius 3 is 2.48 bits per heavy atom. The third-order valence-electron chi connectivity index (χ3n) is 5.40. The van der Waals surface area contributed by atoms with Gasteiger partial charge in [0.25, 0.3) is 0 Å². The second-order valence-electron chi connectivity index (χ2n) is 7.23. The van der Waals surface area contributed by atoms with Crippen LogP contribution in [0.5, 0.6) is 0 Å². The first-order chi connectivity index (χ1) is 15.1. The average Bonchev–Trinajstić information content (AvgIpc) is 3.41. The Hall–Kier alpha value is -3.22. The summed E-state index contributed by atoms with van der Waals surface area (Å²) in [6.07, 6.45) is 3.72. The first-order valence-electron chi connectivity index (χ1n) is 9.82. The molecule has 2 aromatic heterocycles. The molecule has 0 saturated carbocycles. The number of rotatable bonds is 4. The molecular weight excluding hydrogens is 431 g/mol. The minimum Gasteiger partial charge on any atom is -0.351 e. The summed E-state index contributed by atoms with van der Waals surface area (Å²) in [6.45, 7) is 0. The Bertz CT molecular complexity index is 1230. The van der Waals surface area contributed by atoms with Crippen molar-refractivity contribution in [3.05, 3.63) is 113 Å². The molecule has 154 valence electrons. The highest BCUT2D eigenvalue weighted by atomic mass is 35.5. The van der Waals surface area contributed by atoms with Crippen molar-refractivity contribution in [2.45, 2.75) is 12.1 Å². The van der Waals surface area contributed by atoms with Crippen LogP contribution in [0.1, 0.15) is 23.5 Å². The zero-order valence-electron chi connectivity index (χ0n) is 16.3. The number of thiocarbonyl (C=S) groups is 1. The quantitative estimate of drug-likeness (QED) is 0.397. The average molecular weight is 449 g/mol. The normalized spacial score (nSPS) is 18.3. The van der Waals surface area contributed by atoms with Crippen LogP contribution in [0.25, 0.3) is 5.69 Å². The summed E-state index contributed by atoms with van der Waals surface area (Å²) in [5.41, 5.74) is 3.62. The van der Waals surface area contributed by atoms with Gasteiger partial charge in [0.05, 0.1) is 16.8 Å². The maximum absolute atomic E-state index is 13.8. The Balaban J connectivity index is 1.67. The Morgan fingerprint density at radius 1 is 0.935 bits per heavy atom. The van der Waals surface area contributed by atoms with Gasteiger partial charge in [-0.05, 0) is 66.8 Å². The molecule has 1 N–H and O–H groups in total. The first kappa shape index (κ1) is 19.7. The highest BCUT2D eigenvalue weighted by molar-refractivity contribution is 7.80. The lowest BCUT2D eigenvalue weighted by molar-refractivity contribution is 0.549. The van der Waals surface area contributed by atoms with Crippen LogP contribution in [-0.4, -0.2) is 14.7 Å². The highest BCUT2D eigenvalue weighted by Crippen LogP contribution is 2.42. The van der Waals surface area contributed by atoms with Crippen molar-refractivity contribution in [2.75, 3.05) is 4.90 Å². The Morgan fingerprint density at radius 2 is 1.74 bits per heavy atom. The number of hydrogen-bond acceptors (Lipinski definition) is 2. The molecular formula is C24H18ClFN4S. The molecule has 5 rings (SSSR count). The van der Waals surface area contributed by atoms with E-state index in [0.29, 0.717) is 5.11 Å². The molecule has 0 amide bonds. The van der Waals surface area contributed by atoms with E-state index in [9.17, 15) is 4.39 Å². The number of aromatic nitrogens is 2. The van der Waals surface area contributed by atoms with Crippen LogP contribution in [0.15, 0.2) is 91.3 Å². The third-order valence-corrected chi connectivity index (χ3v) is 6.00. The van der Waals surface area contributed by atoms with Crippen molar-refractivity contribution in [1.29, 1.82) is 0 Å². The predicted octanol–water partition coefficient (Wildman–Crippen LogP) is 5.84. The smallest absolute Gasteiger partial charge is 0.174 e. The molecule has 0 bridgehead atoms. The largest absolute Gasteiger partial charge is 0.351 e. The topological polar surface area (TPSA) is 33.1 Å². The van der Waals surface area contributed by atoms with E-state index in [1.807, 2.05) is 71.4 Å². The Labute approximate surface area is 189 Å². The number of anilines is 1. The maximum atomic E-state index is 13.8. The van der Waals surface area contributed by atoms with Gasteiger partial charge in [-0.1, -0.05) is 35.9 Å². The molecule has 4 nitrogen and oxygen atoms in total. The number of benzene rings is 2. The summed E-state index contributed by atoms with van der Waals surface area (Å²) in [4.78, 5) is 6.69. The van der Waals surface area contributed by atoms with Crippen LogP contribution in [0.2, 0.25) is 5.02 Å². The van der Waals surface area contributed by atoms with Gasteiger partial charge in [-0.25, -0.2) is 4.39 Å². The van der Waals surface area contributed by atoms with Gasteiger partial charge < -0.3 is 14.8 Å². The summed E-state index contributed by atoms with van der Waals surface area (Å²) < 4.78 is 15.8. The number of halogens is 2. The van der Waals surface area contributed by atoms with E-state index in [-0.39, 0.29) is 17.1 Å². The summed E-state index contributed by atoms with van der Waals surface area (Å²) in [6, 6.07) is 24.3. The zero-order valence-corrected chi connectivity index (χ0v) is 17.9. The van der Waals surface area contributed by atoms with Crippen LogP contribution < -0.4 is 10.2 Å². The van der Waals surface area contributed by atoms with E-state index in [4.69, 9.17) is 23.8 Å². The van der Waals surface area contributed by atoms with Gasteiger partial charge >= 0.3 is 0 Å². The predicted molar refractivity (Wildman–Crippen MR) is 125 cm³/mol. The molecule has 1 aliphatic rings. The van der Waals surface area contributed by atoms with Crippen molar-refractivity contribution in [3.63, 3.8) is 0 Å². The lowest BCUT2D eigenvalue weighted by Gasteiger charge is -2.29. The van der Waals surface area contributed by atoms with Crippen molar-refractivity contribution in [2.24, 2.45) is 0 Å². The van der Waals surface area contributed by atoms with E-state index < -0.39 is 5.82 Å². The minimum absolute atomic E-state index is 0.0819. The van der Waals surface area contributed by atoms with Crippen molar-refractivity contribution >= 4 is 34.6 Å². The molecule has 2 aromatic carbocycles. The fourth-order valence-corrected chi connectivity index (χ4v) is 4.55. The first-order valence-corrected chi connectivity index (χ1v) is 10.6. The molecule has 0 aliphatic carbocycles. The van der Waals surface area contributed by atoms with E-state index >= 15 is 0 Å². The summed E-state index contributed by atoms with van der Waals surface area (Å²) >= 11 is 11.8. The van der Waals surface area contributed by atoms with Crippen LogP contribution in [0.4, 0.5) is 10.1 Å². The van der Waals surface area contributed by atoms with E-state index in [0.717, 1.165) is 22.8 Å². The minimum atomic E-state index is -0.444. The lowest BCUT2D eigenvalue weighted by Crippen LogP contribution is -2.30. The lowest BCUT2D eigenvalue weighted by atomic mass is 10.0. The molecule has 4 aromatic rings. The molecule has 0 radical (unpaired) electrons. The molecule has 7 heteroatoms. The monoisotopic (exact) mass is 448 g/mol. The molecule has 2 atom stereocenters. The van der Waals surface area contributed by atoms with Crippen molar-refractivity contribution in [1.82, 2.24) is 14.9 Å². The standard InChI is InChI=1S/C24H18ClFN4S/c25-18-15-17(11-12-19(18)26)29-14-6-10-21(29)23-22(20-9-4-5-13-27-20)28-24(31)30(23)16-7-2-1-3-8-16/h1-15,22-23H,(H,28,31)/t22-,23-/m0/s1. The second-order valence-corrected chi connectivity index (χ2v) is 8.03. The number of hydrogen-bond donors (Lipinski definition) is 1. The molecule has 1 fully saturated rings. The highest BCUT2D eigenvalue weighted by Gasteiger charge is 2.42. The number of pyridine rings is 1. The second kappa shape index (κ2) is 8.13. The van der Waals surface area contributed by atoms with E-state index in [1.54, 1.807) is 18.3 Å². The van der Waals surface area contributed by atoms with Gasteiger partial charge in [-0.2, -0.15) is 0 Å². The van der Waals surface area contributed by atoms with Crippen molar-refractivity contribution in [3.8, 4) is 5.69 Å². The maximum Gasteiger partial charge on any atom is 0.174 e. The van der Waals surface area contributed by atoms with Gasteiger partial charge in [0.2, 0.25) is 0 Å². The third kappa shape index (κ3) is 3.58. The summed E-state index contributed by atoms with van der Waals surface area (Å²) in [5, 5.41) is 4.16. The van der Waals surface area contributed by atoms with Crippen LogP contribution >= 0.6 is 23.8 Å². The molecule has 31 heavy (non-hydrogen) atoms. The zero-order chi connectivity index (χ0) is 21.4. The van der Waals surface area contributed by atoms with E-state index in [1.165, 1.54) is 6.07 Å². The van der Waals surface area contributed by atoms with Crippen LogP contribution in [0.3, 0.4) is 0 Å². The summed E-state index contributed by atoms with van der Waals surface area (Å²) in [5.74, 6) is -0.444. The molecule has 3 heterocycles. The van der Waals surface area contributed by atoms with Crippen LogP contribution in [0, 0.1) is 5.82 Å². The SMILES string of the molecule is Fc1ccc(-n2cccc2[C@H]2[C@H](c3ccccn3)NC(=S)N2c2ccccc2)cc1Cl. The van der Waals surface area contributed by atoms with Gasteiger partial charge in [-0.3, -0.25) is 4.98 Å². The van der Waals surface area contributed by atoms with Crippen LogP contribution in [-0.2, 0) is 0 Å². The van der Waals surface area contributed by atoms with Gasteiger partial charge in [-0.15, -0.1) is 0 Å². The van der Waals surface area contributed by atoms with Gasteiger partial charge in [0.15, 0.2) is 5.11 Å². The number of nitrogens with one attached hydrogen (secondary N) is 1. The molecule has 1 saturated heterocycles.